The third-order valence-corrected chi connectivity index (χ3v) is 3.49. The second kappa shape index (κ2) is 6.11. The van der Waals surface area contributed by atoms with Crippen LogP contribution in [0.3, 0.4) is 0 Å². The van der Waals surface area contributed by atoms with Crippen LogP contribution < -0.4 is 4.74 Å². The molecule has 0 aromatic heterocycles. The minimum Gasteiger partial charge on any atom is -0.495 e. The predicted octanol–water partition coefficient (Wildman–Crippen LogP) is 3.73. The summed E-state index contributed by atoms with van der Waals surface area (Å²) < 4.78 is 11.2. The summed E-state index contributed by atoms with van der Waals surface area (Å²) in [6.07, 6.45) is 0. The fourth-order valence-corrected chi connectivity index (χ4v) is 2.55. The molecule has 0 spiro atoms. The van der Waals surface area contributed by atoms with Gasteiger partial charge in [0, 0.05) is 0 Å². The highest BCUT2D eigenvalue weighted by Gasteiger charge is 2.11. The minimum atomic E-state index is 0.532. The van der Waals surface area contributed by atoms with Gasteiger partial charge in [0.05, 0.1) is 18.6 Å². The molecule has 0 heterocycles. The monoisotopic (exact) mass is 256 g/mol. The highest BCUT2D eigenvalue weighted by Crippen LogP contribution is 2.34. The van der Waals surface area contributed by atoms with E-state index in [9.17, 15) is 0 Å². The lowest BCUT2D eigenvalue weighted by atomic mass is 10.1. The third-order valence-electron chi connectivity index (χ3n) is 2.30. The number of rotatable bonds is 3. The molecular weight excluding hydrogens is 240 g/mol. The van der Waals surface area contributed by atoms with Gasteiger partial charge in [-0.2, -0.15) is 0 Å². The van der Waals surface area contributed by atoms with Crippen molar-refractivity contribution in [3.8, 4) is 5.75 Å². The quantitative estimate of drug-likeness (QED) is 0.605. The number of aryl methyl sites for hydroxylation is 1. The number of thiocarbonyl (C=S) groups is 1. The summed E-state index contributed by atoms with van der Waals surface area (Å²) >= 11 is 6.53. The van der Waals surface area contributed by atoms with Gasteiger partial charge in [0.2, 0.25) is 4.38 Å². The van der Waals surface area contributed by atoms with Crippen molar-refractivity contribution in [3.63, 3.8) is 0 Å². The lowest BCUT2D eigenvalue weighted by Crippen LogP contribution is -1.98. The molecule has 0 atom stereocenters. The first-order valence-electron chi connectivity index (χ1n) is 5.09. The number of thioether (sulfide) groups is 1. The SMILES string of the molecule is CCOC(=S)Sc1ccc(C)c(C)c1OC. The predicted molar refractivity (Wildman–Crippen MR) is 72.5 cm³/mol. The Hall–Kier alpha value is -0.740. The second-order valence-corrected chi connectivity index (χ2v) is 4.97. The van der Waals surface area contributed by atoms with Crippen LogP contribution in [0.4, 0.5) is 0 Å². The molecule has 0 aliphatic carbocycles. The Morgan fingerprint density at radius 3 is 2.62 bits per heavy atom. The third kappa shape index (κ3) is 3.12. The van der Waals surface area contributed by atoms with Crippen molar-refractivity contribution in [1.29, 1.82) is 0 Å². The molecular formula is C12H16O2S2. The van der Waals surface area contributed by atoms with E-state index in [1.54, 1.807) is 7.11 Å². The maximum atomic E-state index is 5.40. The van der Waals surface area contributed by atoms with E-state index in [0.29, 0.717) is 11.0 Å². The average molecular weight is 256 g/mol. The van der Waals surface area contributed by atoms with Crippen molar-refractivity contribution in [3.05, 3.63) is 23.3 Å². The molecule has 0 bridgehead atoms. The molecule has 0 saturated carbocycles. The summed E-state index contributed by atoms with van der Waals surface area (Å²) in [6, 6.07) is 4.08. The Morgan fingerprint density at radius 1 is 1.38 bits per heavy atom. The van der Waals surface area contributed by atoms with Crippen LogP contribution in [0.2, 0.25) is 0 Å². The zero-order chi connectivity index (χ0) is 12.1. The number of benzene rings is 1. The van der Waals surface area contributed by atoms with Crippen molar-refractivity contribution in [2.24, 2.45) is 0 Å². The zero-order valence-electron chi connectivity index (χ0n) is 9.99. The van der Waals surface area contributed by atoms with Gasteiger partial charge in [-0.25, -0.2) is 0 Å². The minimum absolute atomic E-state index is 0.532. The van der Waals surface area contributed by atoms with Crippen LogP contribution in [0.25, 0.3) is 0 Å². The number of ether oxygens (including phenoxy) is 2. The molecule has 0 amide bonds. The topological polar surface area (TPSA) is 18.5 Å². The van der Waals surface area contributed by atoms with Gasteiger partial charge in [0.15, 0.2) is 0 Å². The van der Waals surface area contributed by atoms with Gasteiger partial charge in [-0.1, -0.05) is 6.07 Å². The van der Waals surface area contributed by atoms with Crippen LogP contribution in [-0.2, 0) is 4.74 Å². The molecule has 2 nitrogen and oxygen atoms in total. The van der Waals surface area contributed by atoms with Gasteiger partial charge in [0.25, 0.3) is 0 Å². The average Bonchev–Trinajstić information content (AvgIpc) is 2.24. The van der Waals surface area contributed by atoms with Gasteiger partial charge < -0.3 is 9.47 Å². The Kier molecular flexibility index (Phi) is 5.09. The van der Waals surface area contributed by atoms with E-state index >= 15 is 0 Å². The van der Waals surface area contributed by atoms with E-state index in [2.05, 4.69) is 13.0 Å². The van der Waals surface area contributed by atoms with Crippen molar-refractivity contribution < 1.29 is 9.47 Å². The summed E-state index contributed by atoms with van der Waals surface area (Å²) in [5, 5.41) is 0. The van der Waals surface area contributed by atoms with Crippen LogP contribution in [-0.4, -0.2) is 18.1 Å². The summed E-state index contributed by atoms with van der Waals surface area (Å²) in [5.41, 5.74) is 2.36. The van der Waals surface area contributed by atoms with Gasteiger partial charge in [-0.15, -0.1) is 0 Å². The summed E-state index contributed by atoms with van der Waals surface area (Å²) in [4.78, 5) is 1.00. The van der Waals surface area contributed by atoms with Gasteiger partial charge in [-0.05, 0) is 61.9 Å². The maximum Gasteiger partial charge on any atom is 0.224 e. The van der Waals surface area contributed by atoms with E-state index in [1.807, 2.05) is 19.9 Å². The molecule has 88 valence electrons. The van der Waals surface area contributed by atoms with Crippen molar-refractivity contribution in [2.75, 3.05) is 13.7 Å². The van der Waals surface area contributed by atoms with E-state index in [1.165, 1.54) is 17.3 Å². The fraction of sp³-hybridized carbons (Fsp3) is 0.417. The molecule has 0 unspecified atom stereocenters. The van der Waals surface area contributed by atoms with E-state index in [-0.39, 0.29) is 0 Å². The number of methoxy groups -OCH3 is 1. The molecule has 0 aliphatic rings. The molecule has 4 heteroatoms. The van der Waals surface area contributed by atoms with Crippen LogP contribution in [0.15, 0.2) is 17.0 Å². The van der Waals surface area contributed by atoms with Gasteiger partial charge in [-0.3, -0.25) is 0 Å². The Morgan fingerprint density at radius 2 is 2.06 bits per heavy atom. The first-order valence-corrected chi connectivity index (χ1v) is 6.31. The van der Waals surface area contributed by atoms with Crippen molar-refractivity contribution in [2.45, 2.75) is 25.7 Å². The van der Waals surface area contributed by atoms with E-state index in [0.717, 1.165) is 16.2 Å². The molecule has 0 saturated heterocycles. The Bertz CT molecular complexity index is 389. The van der Waals surface area contributed by atoms with E-state index < -0.39 is 0 Å². The van der Waals surface area contributed by atoms with E-state index in [4.69, 9.17) is 21.7 Å². The molecule has 1 aromatic rings. The van der Waals surface area contributed by atoms with Gasteiger partial charge in [0.1, 0.15) is 5.75 Å². The lowest BCUT2D eigenvalue weighted by Gasteiger charge is -2.13. The van der Waals surface area contributed by atoms with Crippen LogP contribution >= 0.6 is 24.0 Å². The zero-order valence-corrected chi connectivity index (χ0v) is 11.6. The highest BCUT2D eigenvalue weighted by atomic mass is 32.2. The molecule has 1 rings (SSSR count). The summed E-state index contributed by atoms with van der Waals surface area (Å²) in [7, 11) is 1.68. The fourth-order valence-electron chi connectivity index (χ4n) is 1.34. The molecule has 0 N–H and O–H groups in total. The highest BCUT2D eigenvalue weighted by molar-refractivity contribution is 8.22. The van der Waals surface area contributed by atoms with Crippen molar-refractivity contribution in [1.82, 2.24) is 0 Å². The smallest absolute Gasteiger partial charge is 0.224 e. The number of hydrogen-bond acceptors (Lipinski definition) is 4. The standard InChI is InChI=1S/C12H16O2S2/c1-5-14-12(15)16-10-7-6-8(2)9(3)11(10)13-4/h6-7H,5H2,1-4H3. The second-order valence-electron chi connectivity index (χ2n) is 3.32. The lowest BCUT2D eigenvalue weighted by molar-refractivity contribution is 0.346. The first kappa shape index (κ1) is 13.3. The normalized spacial score (nSPS) is 10.0. The summed E-state index contributed by atoms with van der Waals surface area (Å²) in [6.45, 7) is 6.62. The number of hydrogen-bond donors (Lipinski definition) is 0. The largest absolute Gasteiger partial charge is 0.495 e. The van der Waals surface area contributed by atoms with Gasteiger partial charge >= 0.3 is 0 Å². The summed E-state index contributed by atoms with van der Waals surface area (Å²) in [5.74, 6) is 0.882. The Labute approximate surface area is 106 Å². The van der Waals surface area contributed by atoms with Crippen molar-refractivity contribution >= 4 is 28.4 Å². The molecule has 1 aromatic carbocycles. The molecule has 0 fully saturated rings. The Balaban J connectivity index is 2.96. The molecule has 16 heavy (non-hydrogen) atoms. The maximum absolute atomic E-state index is 5.40. The first-order chi connectivity index (χ1) is 7.60. The molecule has 0 aliphatic heterocycles. The molecule has 0 radical (unpaired) electrons. The van der Waals surface area contributed by atoms with Crippen LogP contribution in [0, 0.1) is 13.8 Å². The van der Waals surface area contributed by atoms with Crippen LogP contribution in [0.1, 0.15) is 18.1 Å². The van der Waals surface area contributed by atoms with Crippen LogP contribution in [0.5, 0.6) is 5.75 Å².